The Morgan fingerprint density at radius 2 is 2.12 bits per heavy atom. The molecule has 0 spiro atoms. The van der Waals surface area contributed by atoms with Crippen LogP contribution in [0.5, 0.6) is 0 Å². The fraction of sp³-hybridized carbons (Fsp3) is 0.167. The molecule has 0 saturated heterocycles. The van der Waals surface area contributed by atoms with Gasteiger partial charge in [0.05, 0.1) is 0 Å². The molecule has 1 N–H and O–H groups in total. The van der Waals surface area contributed by atoms with Crippen LogP contribution in [0, 0.1) is 5.82 Å². The fourth-order valence-corrected chi connectivity index (χ4v) is 2.19. The van der Waals surface area contributed by atoms with Gasteiger partial charge in [-0.05, 0) is 42.1 Å². The maximum atomic E-state index is 13.3. The molecule has 5 heteroatoms. The van der Waals surface area contributed by atoms with Gasteiger partial charge in [0, 0.05) is 4.88 Å². The summed E-state index contributed by atoms with van der Waals surface area (Å²) in [7, 11) is 0. The highest BCUT2D eigenvalue weighted by atomic mass is 32.1. The van der Waals surface area contributed by atoms with Crippen LogP contribution >= 0.6 is 11.5 Å². The highest BCUT2D eigenvalue weighted by molar-refractivity contribution is 7.05. The Bertz CT molecular complexity index is 539. The van der Waals surface area contributed by atoms with Crippen molar-refractivity contribution in [2.24, 2.45) is 0 Å². The van der Waals surface area contributed by atoms with Crippen LogP contribution in [0.3, 0.4) is 0 Å². The molecule has 0 atom stereocenters. The number of hydrogen-bond donors (Lipinski definition) is 1. The molecule has 0 unspecified atom stereocenters. The van der Waals surface area contributed by atoms with Gasteiger partial charge in [0.1, 0.15) is 5.82 Å². The lowest BCUT2D eigenvalue weighted by Gasteiger charge is -2.00. The van der Waals surface area contributed by atoms with Crippen molar-refractivity contribution < 1.29 is 14.3 Å². The van der Waals surface area contributed by atoms with Crippen LogP contribution < -0.4 is 0 Å². The molecule has 0 amide bonds. The molecule has 88 valence electrons. The van der Waals surface area contributed by atoms with Crippen molar-refractivity contribution >= 4 is 17.5 Å². The zero-order valence-corrected chi connectivity index (χ0v) is 9.71. The molecule has 0 bridgehead atoms. The van der Waals surface area contributed by atoms with Gasteiger partial charge in [-0.1, -0.05) is 18.2 Å². The molecule has 0 saturated carbocycles. The van der Waals surface area contributed by atoms with E-state index in [-0.39, 0.29) is 11.5 Å². The molecule has 0 aliphatic rings. The van der Waals surface area contributed by atoms with Crippen molar-refractivity contribution in [3.05, 3.63) is 52.3 Å². The van der Waals surface area contributed by atoms with E-state index in [0.717, 1.165) is 16.4 Å². The van der Waals surface area contributed by atoms with E-state index in [9.17, 15) is 9.18 Å². The van der Waals surface area contributed by atoms with Crippen LogP contribution in [0.25, 0.3) is 0 Å². The van der Waals surface area contributed by atoms with E-state index < -0.39 is 5.97 Å². The summed E-state index contributed by atoms with van der Waals surface area (Å²) < 4.78 is 17.1. The standard InChI is InChI=1S/C12H10FNO2S/c13-10-4-2-1-3-8(10)5-6-9-7-11(12(15)16)14-17-9/h1-4,7H,5-6H2,(H,15,16). The SMILES string of the molecule is O=C(O)c1cc(CCc2ccccc2F)sn1. The number of carboxylic acid groups (broad SMARTS) is 1. The number of rotatable bonds is 4. The number of hydrogen-bond acceptors (Lipinski definition) is 3. The lowest BCUT2D eigenvalue weighted by molar-refractivity contribution is 0.0692. The number of aromatic nitrogens is 1. The Labute approximate surface area is 102 Å². The monoisotopic (exact) mass is 251 g/mol. The largest absolute Gasteiger partial charge is 0.476 e. The Hall–Kier alpha value is -1.75. The number of carboxylic acids is 1. The van der Waals surface area contributed by atoms with Crippen LogP contribution in [-0.4, -0.2) is 15.4 Å². The third-order valence-electron chi connectivity index (χ3n) is 2.38. The van der Waals surface area contributed by atoms with Gasteiger partial charge in [-0.3, -0.25) is 0 Å². The highest BCUT2D eigenvalue weighted by Gasteiger charge is 2.09. The molecule has 1 aromatic heterocycles. The fourth-order valence-electron chi connectivity index (χ4n) is 1.49. The van der Waals surface area contributed by atoms with Gasteiger partial charge >= 0.3 is 5.97 Å². The number of carbonyl (C=O) groups is 1. The van der Waals surface area contributed by atoms with E-state index in [1.165, 1.54) is 12.1 Å². The maximum absolute atomic E-state index is 13.3. The van der Waals surface area contributed by atoms with Crippen LogP contribution in [0.4, 0.5) is 4.39 Å². The Kier molecular flexibility index (Phi) is 3.49. The zero-order valence-electron chi connectivity index (χ0n) is 8.89. The quantitative estimate of drug-likeness (QED) is 0.909. The summed E-state index contributed by atoms with van der Waals surface area (Å²) in [4.78, 5) is 11.5. The zero-order chi connectivity index (χ0) is 12.3. The van der Waals surface area contributed by atoms with Crippen LogP contribution in [0.2, 0.25) is 0 Å². The number of aromatic carboxylic acids is 1. The maximum Gasteiger partial charge on any atom is 0.355 e. The van der Waals surface area contributed by atoms with Crippen molar-refractivity contribution in [2.75, 3.05) is 0 Å². The van der Waals surface area contributed by atoms with E-state index in [0.29, 0.717) is 18.4 Å². The average molecular weight is 251 g/mol. The molecule has 0 fully saturated rings. The molecule has 3 nitrogen and oxygen atoms in total. The summed E-state index contributed by atoms with van der Waals surface area (Å²) in [6.45, 7) is 0. The number of halogens is 1. The van der Waals surface area contributed by atoms with Gasteiger partial charge in [0.15, 0.2) is 5.69 Å². The summed E-state index contributed by atoms with van der Waals surface area (Å²) in [6.07, 6.45) is 1.15. The van der Waals surface area contributed by atoms with Gasteiger partial charge in [-0.25, -0.2) is 9.18 Å². The Balaban J connectivity index is 2.02. The topological polar surface area (TPSA) is 50.2 Å². The predicted molar refractivity (Wildman–Crippen MR) is 62.9 cm³/mol. The average Bonchev–Trinajstić information content (AvgIpc) is 2.77. The molecule has 0 aliphatic carbocycles. The highest BCUT2D eigenvalue weighted by Crippen LogP contribution is 2.15. The van der Waals surface area contributed by atoms with Crippen molar-refractivity contribution in [1.29, 1.82) is 0 Å². The summed E-state index contributed by atoms with van der Waals surface area (Å²) in [6, 6.07) is 8.12. The van der Waals surface area contributed by atoms with Gasteiger partial charge in [0.25, 0.3) is 0 Å². The Morgan fingerprint density at radius 3 is 2.76 bits per heavy atom. The van der Waals surface area contributed by atoms with E-state index >= 15 is 0 Å². The van der Waals surface area contributed by atoms with Crippen LogP contribution in [0.15, 0.2) is 30.3 Å². The van der Waals surface area contributed by atoms with E-state index in [1.807, 2.05) is 0 Å². The van der Waals surface area contributed by atoms with Crippen molar-refractivity contribution in [3.63, 3.8) is 0 Å². The smallest absolute Gasteiger partial charge is 0.355 e. The lowest BCUT2D eigenvalue weighted by atomic mass is 10.1. The van der Waals surface area contributed by atoms with Gasteiger partial charge in [-0.2, -0.15) is 4.37 Å². The number of nitrogens with zero attached hydrogens (tertiary/aromatic N) is 1. The summed E-state index contributed by atoms with van der Waals surface area (Å²) in [5.74, 6) is -1.26. The first-order valence-corrected chi connectivity index (χ1v) is 5.86. The molecule has 2 rings (SSSR count). The third-order valence-corrected chi connectivity index (χ3v) is 3.22. The molecule has 0 aliphatic heterocycles. The van der Waals surface area contributed by atoms with Gasteiger partial charge < -0.3 is 5.11 Å². The van der Waals surface area contributed by atoms with E-state index in [4.69, 9.17) is 5.11 Å². The molecule has 2 aromatic rings. The second kappa shape index (κ2) is 5.05. The Morgan fingerprint density at radius 1 is 1.35 bits per heavy atom. The van der Waals surface area contributed by atoms with E-state index in [2.05, 4.69) is 4.37 Å². The molecule has 1 heterocycles. The minimum absolute atomic E-state index is 0.0542. The normalized spacial score (nSPS) is 10.4. The predicted octanol–water partition coefficient (Wildman–Crippen LogP) is 2.77. The first kappa shape index (κ1) is 11.7. The molecule has 1 aromatic carbocycles. The number of benzene rings is 1. The molecular weight excluding hydrogens is 241 g/mol. The van der Waals surface area contributed by atoms with Crippen molar-refractivity contribution in [2.45, 2.75) is 12.8 Å². The minimum Gasteiger partial charge on any atom is -0.476 e. The summed E-state index contributed by atoms with van der Waals surface area (Å²) in [5.41, 5.74) is 0.691. The second-order valence-electron chi connectivity index (χ2n) is 3.58. The second-order valence-corrected chi connectivity index (χ2v) is 4.46. The number of aryl methyl sites for hydroxylation is 2. The molecular formula is C12H10FNO2S. The minimum atomic E-state index is -1.03. The first-order valence-electron chi connectivity index (χ1n) is 5.09. The van der Waals surface area contributed by atoms with Crippen molar-refractivity contribution in [1.82, 2.24) is 4.37 Å². The summed E-state index contributed by atoms with van der Waals surface area (Å²) >= 11 is 1.15. The lowest BCUT2D eigenvalue weighted by Crippen LogP contribution is -1.95. The van der Waals surface area contributed by atoms with Crippen LogP contribution in [-0.2, 0) is 12.8 Å². The van der Waals surface area contributed by atoms with Gasteiger partial charge in [-0.15, -0.1) is 0 Å². The molecule has 17 heavy (non-hydrogen) atoms. The van der Waals surface area contributed by atoms with Gasteiger partial charge in [0.2, 0.25) is 0 Å². The first-order chi connectivity index (χ1) is 8.16. The molecule has 0 radical (unpaired) electrons. The van der Waals surface area contributed by atoms with Crippen LogP contribution in [0.1, 0.15) is 20.9 Å². The van der Waals surface area contributed by atoms with Crippen molar-refractivity contribution in [3.8, 4) is 0 Å². The summed E-state index contributed by atoms with van der Waals surface area (Å²) in [5, 5.41) is 8.71. The third kappa shape index (κ3) is 2.88. The van der Waals surface area contributed by atoms with E-state index in [1.54, 1.807) is 18.2 Å².